The van der Waals surface area contributed by atoms with Crippen molar-refractivity contribution in [3.8, 4) is 16.8 Å². The Kier molecular flexibility index (Phi) is 5.73. The number of benzene rings is 8. The lowest BCUT2D eigenvalue weighted by Gasteiger charge is -2.42. The van der Waals surface area contributed by atoms with Crippen LogP contribution in [0, 0.1) is 0 Å². The zero-order chi connectivity index (χ0) is 38.2. The standard InChI is InChI=1S/C52H33BN2O2S/c1-52(2,3)28-16-18-29(19-17-28)55-42-27-47-37(30-10-4-7-13-44(30)57-47)22-35(42)33-20-21-34-36-25-46-38(31-11-5-8-14-45(31)56-46)23-41(36)54-43-24-39-32-12-6-9-15-48(32)58-49(39)26-40(43)53(55)50(33)51(34)54/h4-27H,1-3H3. The van der Waals surface area contributed by atoms with Crippen LogP contribution in [0.5, 0.6) is 0 Å². The molecular weight excluding hydrogens is 727 g/mol. The molecule has 4 nitrogen and oxygen atoms in total. The average molecular weight is 761 g/mol. The molecule has 0 unspecified atom stereocenters. The zero-order valence-electron chi connectivity index (χ0n) is 32.1. The molecule has 2 aliphatic rings. The number of nitrogens with zero attached hydrogens (tertiary/aromatic N) is 2. The normalized spacial score (nSPS) is 13.7. The van der Waals surface area contributed by atoms with Gasteiger partial charge in [-0.25, -0.2) is 0 Å². The molecule has 0 saturated carbocycles. The Hall–Kier alpha value is -6.76. The predicted molar refractivity (Wildman–Crippen MR) is 246 cm³/mol. The Morgan fingerprint density at radius 1 is 0.500 bits per heavy atom. The molecule has 6 heterocycles. The van der Waals surface area contributed by atoms with Crippen LogP contribution in [0.1, 0.15) is 26.3 Å². The molecule has 58 heavy (non-hydrogen) atoms. The first-order valence-electron chi connectivity index (χ1n) is 20.1. The van der Waals surface area contributed by atoms with Gasteiger partial charge in [0.15, 0.2) is 0 Å². The lowest BCUT2D eigenvalue weighted by Crippen LogP contribution is -2.60. The largest absolute Gasteiger partial charge is 0.456 e. The summed E-state index contributed by atoms with van der Waals surface area (Å²) >= 11 is 1.89. The number of thiophene rings is 1. The molecule has 8 aromatic carbocycles. The monoisotopic (exact) mass is 760 g/mol. The summed E-state index contributed by atoms with van der Waals surface area (Å²) in [6.07, 6.45) is 0. The SMILES string of the molecule is CC(C)(C)c1ccc(N2B3c4cc5sc6ccccc6c5cc4-n4c5cc6c(cc5c5ccc(c3c54)-c3cc4c(cc32)oc2ccccc24)oc2ccccc26)cc1. The molecule has 0 fully saturated rings. The average Bonchev–Trinajstić information content (AvgIpc) is 3.99. The van der Waals surface area contributed by atoms with Crippen molar-refractivity contribution in [1.29, 1.82) is 0 Å². The third kappa shape index (κ3) is 3.91. The number of rotatable bonds is 1. The van der Waals surface area contributed by atoms with Gasteiger partial charge in [0.1, 0.15) is 22.3 Å². The van der Waals surface area contributed by atoms with Gasteiger partial charge in [-0.1, -0.05) is 99.6 Å². The molecule has 2 aliphatic heterocycles. The molecule has 0 amide bonds. The Labute approximate surface area is 337 Å². The summed E-state index contributed by atoms with van der Waals surface area (Å²) in [6.45, 7) is 6.76. The second-order valence-electron chi connectivity index (χ2n) is 17.3. The van der Waals surface area contributed by atoms with E-state index in [1.54, 1.807) is 0 Å². The van der Waals surface area contributed by atoms with E-state index in [1.165, 1.54) is 75.3 Å². The van der Waals surface area contributed by atoms with Crippen LogP contribution in [0.15, 0.2) is 154 Å². The van der Waals surface area contributed by atoms with Crippen LogP contribution < -0.4 is 15.7 Å². The second-order valence-corrected chi connectivity index (χ2v) is 18.3. The summed E-state index contributed by atoms with van der Waals surface area (Å²) in [7, 11) is 0. The predicted octanol–water partition coefficient (Wildman–Crippen LogP) is 13.5. The van der Waals surface area contributed by atoms with Crippen LogP contribution in [-0.2, 0) is 5.41 Å². The molecule has 14 rings (SSSR count). The number of furan rings is 2. The summed E-state index contributed by atoms with van der Waals surface area (Å²) in [5.74, 6) is 0. The number of hydrogen-bond donors (Lipinski definition) is 0. The number of fused-ring (bicyclic) bond motifs is 17. The molecule has 12 aromatic rings. The van der Waals surface area contributed by atoms with E-state index < -0.39 is 0 Å². The van der Waals surface area contributed by atoms with Gasteiger partial charge in [-0.05, 0) is 88.1 Å². The van der Waals surface area contributed by atoms with E-state index >= 15 is 0 Å². The van der Waals surface area contributed by atoms with Crippen molar-refractivity contribution in [1.82, 2.24) is 4.57 Å². The maximum Gasteiger partial charge on any atom is 0.333 e. The highest BCUT2D eigenvalue weighted by molar-refractivity contribution is 7.26. The fraction of sp³-hybridized carbons (Fsp3) is 0.0769. The van der Waals surface area contributed by atoms with E-state index in [4.69, 9.17) is 8.83 Å². The van der Waals surface area contributed by atoms with Crippen molar-refractivity contribution < 1.29 is 8.83 Å². The molecule has 0 radical (unpaired) electrons. The highest BCUT2D eigenvalue weighted by atomic mass is 32.1. The Balaban J connectivity index is 1.17. The molecule has 0 saturated heterocycles. The van der Waals surface area contributed by atoms with Crippen LogP contribution in [0.4, 0.5) is 11.4 Å². The van der Waals surface area contributed by atoms with Crippen molar-refractivity contribution in [2.75, 3.05) is 4.81 Å². The van der Waals surface area contributed by atoms with Gasteiger partial charge in [-0.2, -0.15) is 0 Å². The van der Waals surface area contributed by atoms with E-state index in [9.17, 15) is 0 Å². The highest BCUT2D eigenvalue weighted by Gasteiger charge is 2.44. The van der Waals surface area contributed by atoms with E-state index in [0.29, 0.717) is 0 Å². The third-order valence-corrected chi connectivity index (χ3v) is 14.2. The molecule has 0 spiro atoms. The van der Waals surface area contributed by atoms with E-state index in [1.807, 2.05) is 11.3 Å². The Morgan fingerprint density at radius 2 is 1.19 bits per heavy atom. The first-order valence-corrected chi connectivity index (χ1v) is 20.9. The summed E-state index contributed by atoms with van der Waals surface area (Å²) < 4.78 is 18.4. The fourth-order valence-corrected chi connectivity index (χ4v) is 11.6. The van der Waals surface area contributed by atoms with Crippen molar-refractivity contribution in [3.05, 3.63) is 151 Å². The maximum absolute atomic E-state index is 6.63. The minimum Gasteiger partial charge on any atom is -0.456 e. The number of hydrogen-bond acceptors (Lipinski definition) is 4. The Bertz CT molecular complexity index is 3800. The quantitative estimate of drug-likeness (QED) is 0.156. The minimum atomic E-state index is -0.0984. The van der Waals surface area contributed by atoms with Crippen LogP contribution in [0.25, 0.3) is 103 Å². The van der Waals surface area contributed by atoms with Crippen molar-refractivity contribution in [2.45, 2.75) is 26.2 Å². The molecular formula is C52H33BN2O2S. The van der Waals surface area contributed by atoms with Crippen LogP contribution in [0.3, 0.4) is 0 Å². The molecule has 0 bridgehead atoms. The number of anilines is 2. The summed E-state index contributed by atoms with van der Waals surface area (Å²) in [6, 6.07) is 54.1. The van der Waals surface area contributed by atoms with Crippen LogP contribution >= 0.6 is 11.3 Å². The van der Waals surface area contributed by atoms with Gasteiger partial charge < -0.3 is 18.2 Å². The number of para-hydroxylation sites is 2. The third-order valence-electron chi connectivity index (χ3n) is 13.1. The molecule has 0 N–H and O–H groups in total. The first-order chi connectivity index (χ1) is 28.4. The van der Waals surface area contributed by atoms with Gasteiger partial charge in [-0.3, -0.25) is 0 Å². The summed E-state index contributed by atoms with van der Waals surface area (Å²) in [4.78, 5) is 2.61. The smallest absolute Gasteiger partial charge is 0.333 e. The summed E-state index contributed by atoms with van der Waals surface area (Å²) in [5, 5.41) is 9.60. The van der Waals surface area contributed by atoms with Crippen molar-refractivity contribution in [2.24, 2.45) is 0 Å². The lowest BCUT2D eigenvalue weighted by atomic mass is 9.44. The van der Waals surface area contributed by atoms with Crippen LogP contribution in [0.2, 0.25) is 0 Å². The van der Waals surface area contributed by atoms with E-state index in [-0.39, 0.29) is 12.3 Å². The van der Waals surface area contributed by atoms with Gasteiger partial charge in [0.2, 0.25) is 0 Å². The molecule has 272 valence electrons. The molecule has 6 heteroatoms. The molecule has 4 aromatic heterocycles. The number of aromatic nitrogens is 1. The van der Waals surface area contributed by atoms with Gasteiger partial charge in [-0.15, -0.1) is 11.3 Å². The van der Waals surface area contributed by atoms with E-state index in [2.05, 4.69) is 176 Å². The van der Waals surface area contributed by atoms with Gasteiger partial charge in [0, 0.05) is 81.2 Å². The Morgan fingerprint density at radius 3 is 1.95 bits per heavy atom. The van der Waals surface area contributed by atoms with Gasteiger partial charge in [0.25, 0.3) is 0 Å². The van der Waals surface area contributed by atoms with Crippen LogP contribution in [-0.4, -0.2) is 11.4 Å². The second kappa shape index (κ2) is 10.6. The zero-order valence-corrected chi connectivity index (χ0v) is 32.9. The van der Waals surface area contributed by atoms with Crippen molar-refractivity contribution >= 4 is 126 Å². The summed E-state index contributed by atoms with van der Waals surface area (Å²) in [5.41, 5.74) is 16.1. The molecule has 0 aliphatic carbocycles. The van der Waals surface area contributed by atoms with E-state index in [0.717, 1.165) is 55.3 Å². The minimum absolute atomic E-state index is 0.0349. The topological polar surface area (TPSA) is 34.5 Å². The first kappa shape index (κ1) is 31.3. The maximum atomic E-state index is 6.63. The highest BCUT2D eigenvalue weighted by Crippen LogP contribution is 2.49. The van der Waals surface area contributed by atoms with Crippen molar-refractivity contribution in [3.63, 3.8) is 0 Å². The lowest BCUT2D eigenvalue weighted by molar-refractivity contribution is 0.590. The molecule has 0 atom stereocenters. The fourth-order valence-electron chi connectivity index (χ4n) is 10.4. The van der Waals surface area contributed by atoms with Gasteiger partial charge >= 0.3 is 6.85 Å². The van der Waals surface area contributed by atoms with Gasteiger partial charge in [0.05, 0.1) is 11.0 Å².